The summed E-state index contributed by atoms with van der Waals surface area (Å²) in [4.78, 5) is 4.60. The molecular formula is C14H16BrN3O2. The molecular weight excluding hydrogens is 322 g/mol. The van der Waals surface area contributed by atoms with Gasteiger partial charge in [-0.25, -0.2) is 4.98 Å². The zero-order chi connectivity index (χ0) is 14.3. The lowest BCUT2D eigenvalue weighted by atomic mass is 10.0. The highest BCUT2D eigenvalue weighted by atomic mass is 79.9. The monoisotopic (exact) mass is 337 g/mol. The maximum absolute atomic E-state index is 5.71. The molecule has 106 valence electrons. The molecule has 2 heterocycles. The van der Waals surface area contributed by atoms with Crippen LogP contribution in [0.1, 0.15) is 11.4 Å². The van der Waals surface area contributed by atoms with Crippen LogP contribution in [-0.2, 0) is 13.6 Å². The molecule has 0 atom stereocenters. The summed E-state index contributed by atoms with van der Waals surface area (Å²) in [7, 11) is 1.94. The predicted molar refractivity (Wildman–Crippen MR) is 80.0 cm³/mol. The lowest BCUT2D eigenvalue weighted by molar-refractivity contribution is 0.171. The molecule has 0 aliphatic carbocycles. The van der Waals surface area contributed by atoms with Gasteiger partial charge in [0, 0.05) is 12.6 Å². The molecule has 0 unspecified atom stereocenters. The Balaban J connectivity index is 2.15. The zero-order valence-corrected chi connectivity index (χ0v) is 13.0. The van der Waals surface area contributed by atoms with Crippen molar-refractivity contribution in [2.24, 2.45) is 12.8 Å². The number of ether oxygens (including phenoxy) is 2. The molecule has 6 heteroatoms. The number of benzene rings is 1. The van der Waals surface area contributed by atoms with Crippen molar-refractivity contribution in [3.8, 4) is 22.8 Å². The zero-order valence-electron chi connectivity index (χ0n) is 11.4. The van der Waals surface area contributed by atoms with Gasteiger partial charge in [-0.15, -0.1) is 0 Å². The van der Waals surface area contributed by atoms with Gasteiger partial charge in [0.05, 0.1) is 6.54 Å². The summed E-state index contributed by atoms with van der Waals surface area (Å²) in [5.74, 6) is 2.40. The predicted octanol–water partition coefficient (Wildman–Crippen LogP) is 2.39. The van der Waals surface area contributed by atoms with Gasteiger partial charge in [-0.3, -0.25) is 0 Å². The first-order chi connectivity index (χ1) is 9.61. The minimum absolute atomic E-state index is 0.401. The van der Waals surface area contributed by atoms with Crippen LogP contribution in [0.3, 0.4) is 0 Å². The summed E-state index contributed by atoms with van der Waals surface area (Å²) in [6.07, 6.45) is 0. The Morgan fingerprint density at radius 1 is 1.30 bits per heavy atom. The Bertz CT molecular complexity index is 667. The standard InChI is InChI=1S/C14H16BrN3O2/c1-8-5-10-11(20-4-3-19-10)6-9(8)13-14(15)18(2)12(7-16)17-13/h5-6H,3-4,7,16H2,1-2H3. The van der Waals surface area contributed by atoms with Crippen LogP contribution in [0.2, 0.25) is 0 Å². The third kappa shape index (κ3) is 2.09. The molecule has 1 aromatic heterocycles. The first kappa shape index (κ1) is 13.5. The van der Waals surface area contributed by atoms with Crippen molar-refractivity contribution in [1.82, 2.24) is 9.55 Å². The second kappa shape index (κ2) is 5.10. The third-order valence-electron chi connectivity index (χ3n) is 3.44. The van der Waals surface area contributed by atoms with Gasteiger partial charge in [-0.2, -0.15) is 0 Å². The number of nitrogens with zero attached hydrogens (tertiary/aromatic N) is 2. The fourth-order valence-electron chi connectivity index (χ4n) is 2.32. The van der Waals surface area contributed by atoms with Crippen molar-refractivity contribution in [1.29, 1.82) is 0 Å². The maximum atomic E-state index is 5.71. The largest absolute Gasteiger partial charge is 0.486 e. The van der Waals surface area contributed by atoms with E-state index in [1.807, 2.05) is 30.7 Å². The van der Waals surface area contributed by atoms with E-state index < -0.39 is 0 Å². The van der Waals surface area contributed by atoms with Crippen LogP contribution in [0.4, 0.5) is 0 Å². The number of hydrogen-bond donors (Lipinski definition) is 1. The van der Waals surface area contributed by atoms with Crippen molar-refractivity contribution < 1.29 is 9.47 Å². The van der Waals surface area contributed by atoms with Gasteiger partial charge < -0.3 is 19.8 Å². The summed E-state index contributed by atoms with van der Waals surface area (Å²) in [5.41, 5.74) is 8.71. The molecule has 0 radical (unpaired) electrons. The van der Waals surface area contributed by atoms with E-state index in [0.717, 1.165) is 38.7 Å². The van der Waals surface area contributed by atoms with E-state index in [2.05, 4.69) is 20.9 Å². The molecule has 3 rings (SSSR count). The van der Waals surface area contributed by atoms with Crippen molar-refractivity contribution in [3.63, 3.8) is 0 Å². The molecule has 1 aromatic carbocycles. The third-order valence-corrected chi connectivity index (χ3v) is 4.35. The van der Waals surface area contributed by atoms with Crippen molar-refractivity contribution in [2.45, 2.75) is 13.5 Å². The van der Waals surface area contributed by atoms with Gasteiger partial charge in [0.1, 0.15) is 29.3 Å². The van der Waals surface area contributed by atoms with Crippen LogP contribution in [0, 0.1) is 6.92 Å². The molecule has 0 saturated carbocycles. The Kier molecular flexibility index (Phi) is 3.43. The van der Waals surface area contributed by atoms with E-state index >= 15 is 0 Å². The average Bonchev–Trinajstić information content (AvgIpc) is 2.74. The van der Waals surface area contributed by atoms with Gasteiger partial charge in [-0.1, -0.05) is 0 Å². The summed E-state index contributed by atoms with van der Waals surface area (Å²) in [6, 6.07) is 3.98. The number of aryl methyl sites for hydroxylation is 1. The van der Waals surface area contributed by atoms with E-state index in [4.69, 9.17) is 15.2 Å². The highest BCUT2D eigenvalue weighted by Crippen LogP contribution is 2.39. The maximum Gasteiger partial charge on any atom is 0.162 e. The molecule has 0 fully saturated rings. The van der Waals surface area contributed by atoms with Crippen molar-refractivity contribution in [2.75, 3.05) is 13.2 Å². The SMILES string of the molecule is Cc1cc2c(cc1-c1nc(CN)n(C)c1Br)OCCO2. The molecule has 2 aromatic rings. The fourth-order valence-corrected chi connectivity index (χ4v) is 2.83. The van der Waals surface area contributed by atoms with Gasteiger partial charge in [0.2, 0.25) is 0 Å². The van der Waals surface area contributed by atoms with E-state index in [-0.39, 0.29) is 0 Å². The number of fused-ring (bicyclic) bond motifs is 1. The highest BCUT2D eigenvalue weighted by molar-refractivity contribution is 9.10. The summed E-state index contributed by atoms with van der Waals surface area (Å²) >= 11 is 3.58. The van der Waals surface area contributed by atoms with Gasteiger partial charge in [-0.05, 0) is 40.5 Å². The number of aromatic nitrogens is 2. The van der Waals surface area contributed by atoms with Crippen LogP contribution in [0.15, 0.2) is 16.7 Å². The van der Waals surface area contributed by atoms with Crippen LogP contribution >= 0.6 is 15.9 Å². The Hall–Kier alpha value is -1.53. The smallest absolute Gasteiger partial charge is 0.162 e. The summed E-state index contributed by atoms with van der Waals surface area (Å²) in [6.45, 7) is 3.61. The molecule has 20 heavy (non-hydrogen) atoms. The molecule has 5 nitrogen and oxygen atoms in total. The van der Waals surface area contributed by atoms with E-state index in [1.54, 1.807) is 0 Å². The Morgan fingerprint density at radius 3 is 2.55 bits per heavy atom. The molecule has 0 bridgehead atoms. The minimum Gasteiger partial charge on any atom is -0.486 e. The van der Waals surface area contributed by atoms with E-state index in [1.165, 1.54) is 0 Å². The number of imidazole rings is 1. The molecule has 0 amide bonds. The first-order valence-electron chi connectivity index (χ1n) is 6.43. The average molecular weight is 338 g/mol. The van der Waals surface area contributed by atoms with Crippen molar-refractivity contribution >= 4 is 15.9 Å². The first-order valence-corrected chi connectivity index (χ1v) is 7.23. The van der Waals surface area contributed by atoms with Gasteiger partial charge in [0.15, 0.2) is 11.5 Å². The van der Waals surface area contributed by atoms with Crippen LogP contribution in [-0.4, -0.2) is 22.8 Å². The Morgan fingerprint density at radius 2 is 1.95 bits per heavy atom. The number of rotatable bonds is 2. The normalized spacial score (nSPS) is 13.6. The Labute approximate surface area is 125 Å². The topological polar surface area (TPSA) is 62.3 Å². The second-order valence-electron chi connectivity index (χ2n) is 4.74. The van der Waals surface area contributed by atoms with Gasteiger partial charge >= 0.3 is 0 Å². The van der Waals surface area contributed by atoms with Crippen LogP contribution in [0.5, 0.6) is 11.5 Å². The van der Waals surface area contributed by atoms with Crippen LogP contribution < -0.4 is 15.2 Å². The lowest BCUT2D eigenvalue weighted by Crippen LogP contribution is -2.15. The second-order valence-corrected chi connectivity index (χ2v) is 5.49. The molecule has 1 aliphatic rings. The molecule has 1 aliphatic heterocycles. The molecule has 0 saturated heterocycles. The van der Waals surface area contributed by atoms with Crippen molar-refractivity contribution in [3.05, 3.63) is 28.1 Å². The number of hydrogen-bond acceptors (Lipinski definition) is 4. The number of nitrogens with two attached hydrogens (primary N) is 1. The van der Waals surface area contributed by atoms with Crippen LogP contribution in [0.25, 0.3) is 11.3 Å². The fraction of sp³-hybridized carbons (Fsp3) is 0.357. The molecule has 0 spiro atoms. The van der Waals surface area contributed by atoms with Gasteiger partial charge in [0.25, 0.3) is 0 Å². The number of halogens is 1. The van der Waals surface area contributed by atoms with E-state index in [0.29, 0.717) is 19.8 Å². The minimum atomic E-state index is 0.401. The van der Waals surface area contributed by atoms with E-state index in [9.17, 15) is 0 Å². The summed E-state index contributed by atoms with van der Waals surface area (Å²) < 4.78 is 14.1. The molecule has 2 N–H and O–H groups in total. The highest BCUT2D eigenvalue weighted by Gasteiger charge is 2.19. The summed E-state index contributed by atoms with van der Waals surface area (Å²) in [5, 5.41) is 0. The quantitative estimate of drug-likeness (QED) is 0.913. The lowest BCUT2D eigenvalue weighted by Gasteiger charge is -2.20.